The van der Waals surface area contributed by atoms with Crippen LogP contribution < -0.4 is 5.32 Å². The Hall–Kier alpha value is -1.40. The average molecular weight is 322 g/mol. The minimum atomic E-state index is -0.511. The Morgan fingerprint density at radius 1 is 1.43 bits per heavy atom. The van der Waals surface area contributed by atoms with Crippen LogP contribution >= 0.6 is 0 Å². The van der Waals surface area contributed by atoms with Crippen molar-refractivity contribution < 1.29 is 9.53 Å². The lowest BCUT2D eigenvalue weighted by Crippen LogP contribution is -2.45. The lowest BCUT2D eigenvalue weighted by atomic mass is 9.99. The first kappa shape index (κ1) is 17.9. The molecule has 0 aromatic carbocycles. The zero-order chi connectivity index (χ0) is 17.2. The van der Waals surface area contributed by atoms with Crippen molar-refractivity contribution in [1.82, 2.24) is 20.0 Å². The first-order valence-corrected chi connectivity index (χ1v) is 8.35. The SMILES string of the molecule is CC1CC(NCc2cn(C)nc2C(=O)OC(C)(C)C)CCN1C. The zero-order valence-electron chi connectivity index (χ0n) is 15.2. The molecule has 1 aliphatic heterocycles. The third-order valence-electron chi connectivity index (χ3n) is 4.29. The molecule has 1 aromatic heterocycles. The van der Waals surface area contributed by atoms with Crippen molar-refractivity contribution in [3.8, 4) is 0 Å². The normalized spacial score (nSPS) is 23.0. The van der Waals surface area contributed by atoms with E-state index in [9.17, 15) is 4.79 Å². The quantitative estimate of drug-likeness (QED) is 0.859. The van der Waals surface area contributed by atoms with Crippen LogP contribution in [0.15, 0.2) is 6.20 Å². The molecular weight excluding hydrogens is 292 g/mol. The molecule has 0 radical (unpaired) electrons. The molecular formula is C17H30N4O2. The van der Waals surface area contributed by atoms with E-state index in [1.807, 2.05) is 34.0 Å². The molecule has 130 valence electrons. The van der Waals surface area contributed by atoms with Crippen molar-refractivity contribution in [3.63, 3.8) is 0 Å². The standard InChI is InChI=1S/C17H30N4O2/c1-12-9-14(7-8-20(12)5)18-10-13-11-21(6)19-15(13)16(22)23-17(2,3)4/h11-12,14,18H,7-10H2,1-6H3. The van der Waals surface area contributed by atoms with E-state index < -0.39 is 5.60 Å². The van der Waals surface area contributed by atoms with Crippen LogP contribution in [0.25, 0.3) is 0 Å². The second-order valence-corrected chi connectivity index (χ2v) is 7.61. The maximum absolute atomic E-state index is 12.3. The first-order valence-electron chi connectivity index (χ1n) is 8.35. The van der Waals surface area contributed by atoms with E-state index in [4.69, 9.17) is 4.74 Å². The van der Waals surface area contributed by atoms with Gasteiger partial charge < -0.3 is 15.0 Å². The van der Waals surface area contributed by atoms with Gasteiger partial charge in [-0.1, -0.05) is 0 Å². The lowest BCUT2D eigenvalue weighted by molar-refractivity contribution is 0.00606. The molecule has 0 amide bonds. The summed E-state index contributed by atoms with van der Waals surface area (Å²) in [6, 6.07) is 1.06. The zero-order valence-corrected chi connectivity index (χ0v) is 15.2. The first-order chi connectivity index (χ1) is 10.7. The van der Waals surface area contributed by atoms with Crippen LogP contribution in [0.5, 0.6) is 0 Å². The highest BCUT2D eigenvalue weighted by atomic mass is 16.6. The molecule has 6 heteroatoms. The highest BCUT2D eigenvalue weighted by Crippen LogP contribution is 2.18. The van der Waals surface area contributed by atoms with Crippen LogP contribution in [0.1, 0.15) is 56.6 Å². The fourth-order valence-electron chi connectivity index (χ4n) is 2.89. The van der Waals surface area contributed by atoms with E-state index in [1.165, 1.54) is 0 Å². The Morgan fingerprint density at radius 2 is 2.13 bits per heavy atom. The predicted octanol–water partition coefficient (Wildman–Crippen LogP) is 1.95. The summed E-state index contributed by atoms with van der Waals surface area (Å²) in [6.45, 7) is 9.60. The van der Waals surface area contributed by atoms with Crippen LogP contribution in [-0.2, 0) is 18.3 Å². The van der Waals surface area contributed by atoms with Gasteiger partial charge in [0, 0.05) is 37.4 Å². The molecule has 2 atom stereocenters. The Kier molecular flexibility index (Phi) is 5.47. The third-order valence-corrected chi connectivity index (χ3v) is 4.29. The number of esters is 1. The third kappa shape index (κ3) is 5.04. The van der Waals surface area contributed by atoms with E-state index >= 15 is 0 Å². The second kappa shape index (κ2) is 7.01. The van der Waals surface area contributed by atoms with Gasteiger partial charge in [-0.2, -0.15) is 5.10 Å². The van der Waals surface area contributed by atoms with Gasteiger partial charge in [-0.05, 0) is 54.1 Å². The van der Waals surface area contributed by atoms with Crippen LogP contribution in [0, 0.1) is 0 Å². The number of hydrogen-bond acceptors (Lipinski definition) is 5. The van der Waals surface area contributed by atoms with Gasteiger partial charge in [-0.25, -0.2) is 4.79 Å². The number of carbonyl (C=O) groups is 1. The van der Waals surface area contributed by atoms with E-state index in [0.717, 1.165) is 24.9 Å². The molecule has 23 heavy (non-hydrogen) atoms. The van der Waals surface area contributed by atoms with Gasteiger partial charge in [-0.15, -0.1) is 0 Å². The number of nitrogens with zero attached hydrogens (tertiary/aromatic N) is 3. The highest BCUT2D eigenvalue weighted by Gasteiger charge is 2.25. The summed E-state index contributed by atoms with van der Waals surface area (Å²) < 4.78 is 7.13. The number of aryl methyl sites for hydroxylation is 1. The Balaban J connectivity index is 1.99. The molecule has 0 spiro atoms. The van der Waals surface area contributed by atoms with Crippen LogP contribution in [0.2, 0.25) is 0 Å². The van der Waals surface area contributed by atoms with Crippen LogP contribution in [0.4, 0.5) is 0 Å². The van der Waals surface area contributed by atoms with Crippen molar-refractivity contribution in [2.24, 2.45) is 7.05 Å². The molecule has 6 nitrogen and oxygen atoms in total. The van der Waals surface area contributed by atoms with Gasteiger partial charge in [0.15, 0.2) is 5.69 Å². The molecule has 2 heterocycles. The highest BCUT2D eigenvalue weighted by molar-refractivity contribution is 5.89. The number of aromatic nitrogens is 2. The monoisotopic (exact) mass is 322 g/mol. The van der Waals surface area contributed by atoms with Gasteiger partial charge in [0.25, 0.3) is 0 Å². The number of likely N-dealkylation sites (tertiary alicyclic amines) is 1. The molecule has 1 N–H and O–H groups in total. The molecule has 1 saturated heterocycles. The molecule has 1 fully saturated rings. The minimum Gasteiger partial charge on any atom is -0.455 e. The Bertz CT molecular complexity index is 547. The molecule has 0 aliphatic carbocycles. The number of hydrogen-bond donors (Lipinski definition) is 1. The van der Waals surface area contributed by atoms with Gasteiger partial charge >= 0.3 is 5.97 Å². The molecule has 2 rings (SSSR count). The summed E-state index contributed by atoms with van der Waals surface area (Å²) in [5.74, 6) is -0.355. The molecule has 1 aliphatic rings. The van der Waals surface area contributed by atoms with Gasteiger partial charge in [0.2, 0.25) is 0 Å². The maximum atomic E-state index is 12.3. The lowest BCUT2D eigenvalue weighted by Gasteiger charge is -2.35. The number of rotatable bonds is 4. The second-order valence-electron chi connectivity index (χ2n) is 7.61. The Morgan fingerprint density at radius 3 is 2.74 bits per heavy atom. The van der Waals surface area contributed by atoms with E-state index in [2.05, 4.69) is 29.3 Å². The fourth-order valence-corrected chi connectivity index (χ4v) is 2.89. The number of nitrogens with one attached hydrogen (secondary N) is 1. The van der Waals surface area contributed by atoms with Crippen LogP contribution in [-0.4, -0.2) is 51.9 Å². The largest absolute Gasteiger partial charge is 0.455 e. The average Bonchev–Trinajstić information content (AvgIpc) is 2.79. The summed E-state index contributed by atoms with van der Waals surface area (Å²) in [5, 5.41) is 7.85. The summed E-state index contributed by atoms with van der Waals surface area (Å²) in [7, 11) is 4.00. The Labute approximate surface area is 139 Å². The van der Waals surface area contributed by atoms with Gasteiger partial charge in [0.05, 0.1) is 0 Å². The topological polar surface area (TPSA) is 59.4 Å². The maximum Gasteiger partial charge on any atom is 0.359 e. The number of ether oxygens (including phenoxy) is 1. The number of piperidine rings is 1. The van der Waals surface area contributed by atoms with Crippen molar-refractivity contribution in [2.75, 3.05) is 13.6 Å². The smallest absolute Gasteiger partial charge is 0.359 e. The summed E-state index contributed by atoms with van der Waals surface area (Å²) >= 11 is 0. The summed E-state index contributed by atoms with van der Waals surface area (Å²) in [5.41, 5.74) is 0.798. The number of carbonyl (C=O) groups excluding carboxylic acids is 1. The van der Waals surface area contributed by atoms with Crippen molar-refractivity contribution in [2.45, 2.75) is 64.8 Å². The molecule has 2 unspecified atom stereocenters. The van der Waals surface area contributed by atoms with E-state index in [0.29, 0.717) is 24.3 Å². The van der Waals surface area contributed by atoms with Crippen molar-refractivity contribution in [3.05, 3.63) is 17.5 Å². The van der Waals surface area contributed by atoms with E-state index in [-0.39, 0.29) is 5.97 Å². The fraction of sp³-hybridized carbons (Fsp3) is 0.765. The predicted molar refractivity (Wildman–Crippen MR) is 90.3 cm³/mol. The minimum absolute atomic E-state index is 0.355. The van der Waals surface area contributed by atoms with Gasteiger partial charge in [0.1, 0.15) is 5.60 Å². The van der Waals surface area contributed by atoms with E-state index in [1.54, 1.807) is 4.68 Å². The molecule has 0 bridgehead atoms. The summed E-state index contributed by atoms with van der Waals surface area (Å²) in [6.07, 6.45) is 4.14. The molecule has 0 saturated carbocycles. The summed E-state index contributed by atoms with van der Waals surface area (Å²) in [4.78, 5) is 14.7. The van der Waals surface area contributed by atoms with Crippen molar-refractivity contribution >= 4 is 5.97 Å². The van der Waals surface area contributed by atoms with Crippen LogP contribution in [0.3, 0.4) is 0 Å². The molecule has 1 aromatic rings. The van der Waals surface area contributed by atoms with Gasteiger partial charge in [-0.3, -0.25) is 4.68 Å². The van der Waals surface area contributed by atoms with Crippen molar-refractivity contribution in [1.29, 1.82) is 0 Å².